The van der Waals surface area contributed by atoms with Crippen LogP contribution >= 0.6 is 0 Å². The van der Waals surface area contributed by atoms with Crippen molar-refractivity contribution in [1.82, 2.24) is 19.9 Å². The van der Waals surface area contributed by atoms with E-state index in [1.807, 2.05) is 23.9 Å². The normalized spacial score (nSPS) is 15.0. The van der Waals surface area contributed by atoms with Crippen LogP contribution in [0.4, 0.5) is 0 Å². The van der Waals surface area contributed by atoms with Crippen molar-refractivity contribution in [1.29, 1.82) is 0 Å². The lowest BCUT2D eigenvalue weighted by molar-refractivity contribution is -0.132. The zero-order chi connectivity index (χ0) is 17.8. The lowest BCUT2D eigenvalue weighted by Crippen LogP contribution is -2.51. The Morgan fingerprint density at radius 3 is 2.52 bits per heavy atom. The highest BCUT2D eigenvalue weighted by Gasteiger charge is 2.26. The first-order valence-corrected chi connectivity index (χ1v) is 8.27. The van der Waals surface area contributed by atoms with Crippen LogP contribution in [0.25, 0.3) is 11.5 Å². The third kappa shape index (κ3) is 4.08. The van der Waals surface area contributed by atoms with Gasteiger partial charge in [-0.15, -0.1) is 0 Å². The van der Waals surface area contributed by atoms with Gasteiger partial charge in [-0.25, -0.2) is 0 Å². The second-order valence-electron chi connectivity index (χ2n) is 6.28. The lowest BCUT2D eigenvalue weighted by atomic mass is 10.2. The third-order valence-corrected chi connectivity index (χ3v) is 4.19. The smallest absolute Gasteiger partial charge is 0.276 e. The second-order valence-corrected chi connectivity index (χ2v) is 6.28. The van der Waals surface area contributed by atoms with Crippen molar-refractivity contribution in [2.45, 2.75) is 6.42 Å². The highest BCUT2D eigenvalue weighted by atomic mass is 16.5. The minimum Gasteiger partial charge on any atom is -0.461 e. The topological polar surface area (TPSA) is 83.0 Å². The summed E-state index contributed by atoms with van der Waals surface area (Å²) in [5.41, 5.74) is 0.249. The number of hydrogen-bond acceptors (Lipinski definition) is 6. The number of aromatic nitrogens is 1. The number of piperazine rings is 1. The summed E-state index contributed by atoms with van der Waals surface area (Å²) in [5.74, 6) is 0.887. The monoisotopic (exact) mass is 346 g/mol. The average Bonchev–Trinajstić information content (AvgIpc) is 3.30. The maximum Gasteiger partial charge on any atom is 0.276 e. The summed E-state index contributed by atoms with van der Waals surface area (Å²) in [7, 11) is 3.89. The Morgan fingerprint density at radius 2 is 1.88 bits per heavy atom. The van der Waals surface area contributed by atoms with Crippen LogP contribution in [0.2, 0.25) is 0 Å². The number of carbonyl (C=O) groups is 2. The predicted octanol–water partition coefficient (Wildman–Crippen LogP) is 1.17. The molecule has 0 atom stereocenters. The van der Waals surface area contributed by atoms with Gasteiger partial charge in [-0.3, -0.25) is 9.59 Å². The number of nitrogens with zero attached hydrogens (tertiary/aromatic N) is 4. The summed E-state index contributed by atoms with van der Waals surface area (Å²) in [6, 6.07) is 5.06. The van der Waals surface area contributed by atoms with Crippen LogP contribution in [-0.2, 0) is 4.79 Å². The van der Waals surface area contributed by atoms with Crippen LogP contribution in [0.15, 0.2) is 33.4 Å². The van der Waals surface area contributed by atoms with E-state index in [0.717, 1.165) is 6.54 Å². The summed E-state index contributed by atoms with van der Waals surface area (Å²) >= 11 is 0. The third-order valence-electron chi connectivity index (χ3n) is 4.19. The van der Waals surface area contributed by atoms with Gasteiger partial charge in [-0.05, 0) is 26.2 Å². The first-order valence-electron chi connectivity index (χ1n) is 8.27. The Labute approximate surface area is 145 Å². The van der Waals surface area contributed by atoms with E-state index in [2.05, 4.69) is 5.16 Å². The standard InChI is InChI=1S/C17H22N4O4/c1-19(2)6-5-16(22)20-7-9-21(10-8-20)17(23)13-12-15(25-18-13)14-4-3-11-24-14/h3-4,11-12H,5-10H2,1-2H3. The molecule has 1 saturated heterocycles. The Morgan fingerprint density at radius 1 is 1.16 bits per heavy atom. The Balaban J connectivity index is 1.54. The quantitative estimate of drug-likeness (QED) is 0.808. The summed E-state index contributed by atoms with van der Waals surface area (Å²) in [6.07, 6.45) is 2.03. The van der Waals surface area contributed by atoms with Gasteiger partial charge in [0.1, 0.15) is 0 Å². The first-order chi connectivity index (χ1) is 12.0. The summed E-state index contributed by atoms with van der Waals surface area (Å²) in [5, 5.41) is 3.84. The van der Waals surface area contributed by atoms with Crippen molar-refractivity contribution in [3.05, 3.63) is 30.2 Å². The van der Waals surface area contributed by atoms with Crippen molar-refractivity contribution < 1.29 is 18.5 Å². The molecule has 2 aromatic rings. The fraction of sp³-hybridized carbons (Fsp3) is 0.471. The molecule has 0 N–H and O–H groups in total. The number of rotatable bonds is 5. The fourth-order valence-corrected chi connectivity index (χ4v) is 2.71. The zero-order valence-corrected chi connectivity index (χ0v) is 14.5. The number of amides is 2. The van der Waals surface area contributed by atoms with Crippen LogP contribution < -0.4 is 0 Å². The zero-order valence-electron chi connectivity index (χ0n) is 14.5. The molecular weight excluding hydrogens is 324 g/mol. The molecule has 0 spiro atoms. The molecule has 3 heterocycles. The van der Waals surface area contributed by atoms with Crippen LogP contribution in [0, 0.1) is 0 Å². The molecule has 8 heteroatoms. The molecule has 3 rings (SSSR count). The van der Waals surface area contributed by atoms with E-state index in [4.69, 9.17) is 8.94 Å². The van der Waals surface area contributed by atoms with Crippen molar-refractivity contribution in [3.63, 3.8) is 0 Å². The molecule has 0 unspecified atom stereocenters. The molecule has 0 bridgehead atoms. The van der Waals surface area contributed by atoms with E-state index in [1.165, 1.54) is 6.26 Å². The minimum atomic E-state index is -0.193. The minimum absolute atomic E-state index is 0.127. The van der Waals surface area contributed by atoms with Gasteiger partial charge >= 0.3 is 0 Å². The van der Waals surface area contributed by atoms with E-state index < -0.39 is 0 Å². The number of furan rings is 1. The SMILES string of the molecule is CN(C)CCC(=O)N1CCN(C(=O)c2cc(-c3ccco3)on2)CC1. The summed E-state index contributed by atoms with van der Waals surface area (Å²) in [4.78, 5) is 30.2. The van der Waals surface area contributed by atoms with Gasteiger partial charge in [-0.2, -0.15) is 0 Å². The maximum atomic E-state index is 12.5. The van der Waals surface area contributed by atoms with E-state index in [-0.39, 0.29) is 17.5 Å². The van der Waals surface area contributed by atoms with E-state index in [9.17, 15) is 9.59 Å². The van der Waals surface area contributed by atoms with E-state index in [1.54, 1.807) is 23.1 Å². The maximum absolute atomic E-state index is 12.5. The Bertz CT molecular complexity index is 715. The largest absolute Gasteiger partial charge is 0.461 e. The molecule has 8 nitrogen and oxygen atoms in total. The predicted molar refractivity (Wildman–Crippen MR) is 89.9 cm³/mol. The van der Waals surface area contributed by atoms with Gasteiger partial charge in [0.25, 0.3) is 5.91 Å². The molecular formula is C17H22N4O4. The van der Waals surface area contributed by atoms with Crippen LogP contribution in [0.3, 0.4) is 0 Å². The van der Waals surface area contributed by atoms with Gasteiger partial charge in [0.15, 0.2) is 11.5 Å². The lowest BCUT2D eigenvalue weighted by Gasteiger charge is -2.34. The van der Waals surface area contributed by atoms with Gasteiger partial charge in [0.2, 0.25) is 11.7 Å². The van der Waals surface area contributed by atoms with Crippen molar-refractivity contribution in [3.8, 4) is 11.5 Å². The fourth-order valence-electron chi connectivity index (χ4n) is 2.71. The first kappa shape index (κ1) is 17.2. The number of hydrogen-bond donors (Lipinski definition) is 0. The molecule has 0 aromatic carbocycles. The van der Waals surface area contributed by atoms with Gasteiger partial charge < -0.3 is 23.6 Å². The molecule has 1 fully saturated rings. The summed E-state index contributed by atoms with van der Waals surface area (Å²) < 4.78 is 10.4. The molecule has 0 aliphatic carbocycles. The van der Waals surface area contributed by atoms with Gasteiger partial charge in [-0.1, -0.05) is 5.16 Å². The molecule has 1 aliphatic rings. The van der Waals surface area contributed by atoms with Crippen LogP contribution in [0.1, 0.15) is 16.9 Å². The second kappa shape index (κ2) is 7.52. The van der Waals surface area contributed by atoms with Crippen molar-refractivity contribution >= 4 is 11.8 Å². The number of carbonyl (C=O) groups excluding carboxylic acids is 2. The van der Waals surface area contributed by atoms with E-state index >= 15 is 0 Å². The molecule has 0 radical (unpaired) electrons. The summed E-state index contributed by atoms with van der Waals surface area (Å²) in [6.45, 7) is 2.80. The molecule has 2 amide bonds. The van der Waals surface area contributed by atoms with Gasteiger partial charge in [0, 0.05) is 45.2 Å². The van der Waals surface area contributed by atoms with Crippen LogP contribution in [-0.4, -0.2) is 78.5 Å². The Hall–Kier alpha value is -2.61. The Kier molecular flexibility index (Phi) is 5.18. The molecule has 0 saturated carbocycles. The molecule has 25 heavy (non-hydrogen) atoms. The van der Waals surface area contributed by atoms with Gasteiger partial charge in [0.05, 0.1) is 6.26 Å². The van der Waals surface area contributed by atoms with Crippen molar-refractivity contribution in [2.75, 3.05) is 46.8 Å². The van der Waals surface area contributed by atoms with E-state index in [0.29, 0.717) is 44.1 Å². The highest BCUT2D eigenvalue weighted by molar-refractivity contribution is 5.93. The average molecular weight is 346 g/mol. The highest BCUT2D eigenvalue weighted by Crippen LogP contribution is 2.21. The molecule has 1 aliphatic heterocycles. The molecule has 134 valence electrons. The van der Waals surface area contributed by atoms with Crippen molar-refractivity contribution in [2.24, 2.45) is 0 Å². The molecule has 2 aromatic heterocycles. The van der Waals surface area contributed by atoms with Crippen LogP contribution in [0.5, 0.6) is 0 Å².